The van der Waals surface area contributed by atoms with Gasteiger partial charge < -0.3 is 36.4 Å². The number of β-lactam (4-membered cyclic amide) rings is 1. The molecule has 2 aliphatic rings. The normalized spacial score (nSPS) is 23.1. The van der Waals surface area contributed by atoms with Gasteiger partial charge in [0.25, 0.3) is 5.91 Å². The average Bonchev–Trinajstić information content (AvgIpc) is 3.60. The largest absolute Gasteiger partial charge is 0.481 e. The van der Waals surface area contributed by atoms with Crippen molar-refractivity contribution in [3.05, 3.63) is 11.1 Å². The van der Waals surface area contributed by atoms with Gasteiger partial charge in [-0.25, -0.2) is 14.9 Å². The molecule has 2 aromatic heterocycles. The Hall–Kier alpha value is -3.49. The Balaban J connectivity index is 1.47. The highest BCUT2D eigenvalue weighted by molar-refractivity contribution is 8.01. The first-order valence-electron chi connectivity index (χ1n) is 11.8. The number of hydrogen-bond donors (Lipinski definition) is 5. The number of hydrogen-bond acceptors (Lipinski definition) is 16. The van der Waals surface area contributed by atoms with Gasteiger partial charge in [0.05, 0.1) is 6.61 Å². The Labute approximate surface area is 239 Å². The highest BCUT2D eigenvalue weighted by atomic mass is 32.2. The maximum absolute atomic E-state index is 13.2. The molecule has 2 aliphatic heterocycles. The van der Waals surface area contributed by atoms with Gasteiger partial charge in [0.1, 0.15) is 22.5 Å². The van der Waals surface area contributed by atoms with E-state index in [-0.39, 0.29) is 42.0 Å². The van der Waals surface area contributed by atoms with E-state index in [1.807, 2.05) is 0 Å². The second kappa shape index (κ2) is 12.8. The number of carbonyl (C=O) groups excluding carboxylic acids is 3. The van der Waals surface area contributed by atoms with Gasteiger partial charge in [-0.3, -0.25) is 14.4 Å². The van der Waals surface area contributed by atoms with Crippen LogP contribution in [0.25, 0.3) is 0 Å². The number of amides is 2. The van der Waals surface area contributed by atoms with E-state index < -0.39 is 52.4 Å². The number of nitrogens with zero attached hydrogens (tertiary/aromatic N) is 6. The minimum atomic E-state index is -1.34. The number of nitrogen functional groups attached to an aromatic ring is 1. The van der Waals surface area contributed by atoms with Gasteiger partial charge in [-0.15, -0.1) is 28.2 Å². The molecule has 3 unspecified atom stereocenters. The van der Waals surface area contributed by atoms with Crippen molar-refractivity contribution in [3.8, 4) is 0 Å². The molecule has 0 bridgehead atoms. The molecule has 0 aromatic carbocycles. The van der Waals surface area contributed by atoms with Crippen molar-refractivity contribution < 1.29 is 33.9 Å². The number of ether oxygens (including phenoxy) is 1. The molecule has 0 saturated carbocycles. The summed E-state index contributed by atoms with van der Waals surface area (Å²) < 4.78 is 4.77. The maximum atomic E-state index is 13.2. The smallest absolute Gasteiger partial charge is 0.347 e. The number of carbonyl (C=O) groups is 4. The van der Waals surface area contributed by atoms with Crippen LogP contribution in [0.5, 0.6) is 0 Å². The SMILES string of the molecule is CCOC(=O)CON=C(C(=O)NC1C(=O)N2CC(C(=O)O)(C(CCN)Sc3nnn[nH]3)CS[C@H]12)c1csc(N)n1. The average molecular weight is 615 g/mol. The lowest BCUT2D eigenvalue weighted by molar-refractivity contribution is -0.158. The molecule has 0 spiro atoms. The third-order valence-electron chi connectivity index (χ3n) is 6.07. The van der Waals surface area contributed by atoms with Gasteiger partial charge in [-0.1, -0.05) is 16.9 Å². The van der Waals surface area contributed by atoms with Gasteiger partial charge >= 0.3 is 11.9 Å². The van der Waals surface area contributed by atoms with Crippen LogP contribution >= 0.6 is 34.9 Å². The Bertz CT molecular complexity index is 1280. The van der Waals surface area contributed by atoms with Crippen molar-refractivity contribution in [2.24, 2.45) is 16.3 Å². The fourth-order valence-corrected chi connectivity index (χ4v) is 7.61. The number of fused-ring (bicyclic) bond motifs is 1. The van der Waals surface area contributed by atoms with Crippen molar-refractivity contribution in [2.45, 2.75) is 35.2 Å². The Morgan fingerprint density at radius 2 is 2.25 bits per heavy atom. The molecular weight excluding hydrogens is 588 g/mol. The molecule has 4 rings (SSSR count). The third kappa shape index (κ3) is 6.13. The van der Waals surface area contributed by atoms with Crippen molar-refractivity contribution in [1.29, 1.82) is 0 Å². The van der Waals surface area contributed by atoms with Gasteiger partial charge in [0.15, 0.2) is 10.8 Å². The van der Waals surface area contributed by atoms with Crippen molar-refractivity contribution >= 4 is 69.5 Å². The van der Waals surface area contributed by atoms with Crippen LogP contribution in [-0.4, -0.2) is 114 Å². The molecule has 0 aliphatic carbocycles. The van der Waals surface area contributed by atoms with E-state index in [0.29, 0.717) is 11.6 Å². The molecule has 2 amide bonds. The summed E-state index contributed by atoms with van der Waals surface area (Å²) in [6.07, 6.45) is 0.341. The third-order valence-corrected chi connectivity index (χ3v) is 9.66. The summed E-state index contributed by atoms with van der Waals surface area (Å²) in [6, 6.07) is -0.949. The monoisotopic (exact) mass is 614 g/mol. The highest BCUT2D eigenvalue weighted by Crippen LogP contribution is 2.48. The summed E-state index contributed by atoms with van der Waals surface area (Å²) in [6.45, 7) is 1.37. The van der Waals surface area contributed by atoms with Crippen LogP contribution in [0, 0.1) is 5.41 Å². The number of tetrazole rings is 1. The molecule has 2 saturated heterocycles. The number of nitrogens with one attached hydrogen (secondary N) is 2. The summed E-state index contributed by atoms with van der Waals surface area (Å²) in [4.78, 5) is 60.9. The van der Waals surface area contributed by atoms with Crippen molar-refractivity contribution in [1.82, 2.24) is 35.8 Å². The van der Waals surface area contributed by atoms with Crippen LogP contribution in [0.4, 0.5) is 5.13 Å². The first-order valence-corrected chi connectivity index (χ1v) is 14.6. The lowest BCUT2D eigenvalue weighted by atomic mass is 9.82. The summed E-state index contributed by atoms with van der Waals surface area (Å²) in [5.74, 6) is -2.85. The summed E-state index contributed by atoms with van der Waals surface area (Å²) >= 11 is 3.46. The topological polar surface area (TPSA) is 254 Å². The first kappa shape index (κ1) is 29.5. The zero-order chi connectivity index (χ0) is 28.9. The lowest BCUT2D eigenvalue weighted by Gasteiger charge is -2.55. The minimum Gasteiger partial charge on any atom is -0.481 e. The van der Waals surface area contributed by atoms with E-state index in [4.69, 9.17) is 21.0 Å². The summed E-state index contributed by atoms with van der Waals surface area (Å²) in [5, 5.41) is 31.1. The molecule has 0 radical (unpaired) electrons. The Kier molecular flexibility index (Phi) is 9.43. The lowest BCUT2D eigenvalue weighted by Crippen LogP contribution is -2.75. The van der Waals surface area contributed by atoms with Crippen molar-refractivity contribution in [3.63, 3.8) is 0 Å². The number of aromatic amines is 1. The van der Waals surface area contributed by atoms with Crippen LogP contribution in [0.3, 0.4) is 0 Å². The number of carboxylic acids is 1. The number of oxime groups is 1. The molecule has 4 heterocycles. The van der Waals surface area contributed by atoms with Crippen LogP contribution in [0.15, 0.2) is 15.7 Å². The number of carboxylic acid groups (broad SMARTS) is 1. The number of aliphatic carboxylic acids is 1. The predicted molar refractivity (Wildman–Crippen MR) is 143 cm³/mol. The zero-order valence-electron chi connectivity index (χ0n) is 21.0. The van der Waals surface area contributed by atoms with E-state index in [9.17, 15) is 24.3 Å². The first-order chi connectivity index (χ1) is 19.2. The number of anilines is 1. The van der Waals surface area contributed by atoms with Gasteiger partial charge in [0.2, 0.25) is 17.7 Å². The number of aromatic nitrogens is 5. The number of rotatable bonds is 13. The number of nitrogens with two attached hydrogens (primary N) is 2. The van der Waals surface area contributed by atoms with E-state index in [1.165, 1.54) is 22.0 Å². The van der Waals surface area contributed by atoms with Gasteiger partial charge in [-0.05, 0) is 30.3 Å². The molecule has 2 aromatic rings. The number of esters is 1. The predicted octanol–water partition coefficient (Wildman–Crippen LogP) is -1.50. The molecule has 40 heavy (non-hydrogen) atoms. The van der Waals surface area contributed by atoms with E-state index in [1.54, 1.807) is 6.92 Å². The summed E-state index contributed by atoms with van der Waals surface area (Å²) in [5.41, 5.74) is 9.94. The summed E-state index contributed by atoms with van der Waals surface area (Å²) in [7, 11) is 0. The minimum absolute atomic E-state index is 0.0867. The zero-order valence-corrected chi connectivity index (χ0v) is 23.5. The van der Waals surface area contributed by atoms with Crippen LogP contribution in [-0.2, 0) is 28.8 Å². The molecule has 7 N–H and O–H groups in total. The Morgan fingerprint density at radius 3 is 2.88 bits per heavy atom. The standard InChI is InChI=1S/C20H26N10O7S3/c1-2-36-11(31)5-37-27-12(9-6-38-18(22)23-9)14(32)24-13-15(33)30-7-20(17(34)35,8-39-16(13)30)10(3-4-21)40-19-25-28-29-26-19/h6,10,13,16H,2-5,7-8,21H2,1H3,(H2,22,23)(H,24,32)(H,34,35)(H,25,26,28,29)/t10?,13?,16-,20?/m1/s1. The van der Waals surface area contributed by atoms with Crippen molar-refractivity contribution in [2.75, 3.05) is 37.8 Å². The number of thiazole rings is 1. The van der Waals surface area contributed by atoms with Crippen LogP contribution in [0.2, 0.25) is 0 Å². The number of thioether (sulfide) groups is 2. The molecular formula is C20H26N10O7S3. The maximum Gasteiger partial charge on any atom is 0.347 e. The van der Waals surface area contributed by atoms with Crippen LogP contribution < -0.4 is 16.8 Å². The fraction of sp³-hybridized carbons (Fsp3) is 0.550. The second-order valence-electron chi connectivity index (χ2n) is 8.56. The van der Waals surface area contributed by atoms with Gasteiger partial charge in [0, 0.05) is 22.9 Å². The van der Waals surface area contributed by atoms with E-state index in [0.717, 1.165) is 23.1 Å². The van der Waals surface area contributed by atoms with Crippen LogP contribution in [0.1, 0.15) is 19.0 Å². The van der Waals surface area contributed by atoms with E-state index in [2.05, 4.69) is 36.1 Å². The number of H-pyrrole nitrogens is 1. The fourth-order valence-electron chi connectivity index (χ4n) is 4.15. The second-order valence-corrected chi connectivity index (χ2v) is 11.7. The molecule has 20 heteroatoms. The molecule has 2 fully saturated rings. The van der Waals surface area contributed by atoms with E-state index >= 15 is 0 Å². The Morgan fingerprint density at radius 1 is 1.45 bits per heavy atom. The quantitative estimate of drug-likeness (QED) is 0.0566. The molecule has 17 nitrogen and oxygen atoms in total. The molecule has 216 valence electrons. The van der Waals surface area contributed by atoms with Gasteiger partial charge in [-0.2, -0.15) is 0 Å². The molecule has 4 atom stereocenters. The highest BCUT2D eigenvalue weighted by Gasteiger charge is 2.60.